The van der Waals surface area contributed by atoms with E-state index in [0.717, 1.165) is 68.1 Å². The zero-order valence-corrected chi connectivity index (χ0v) is 25.3. The van der Waals surface area contributed by atoms with E-state index in [4.69, 9.17) is 19.4 Å². The highest BCUT2D eigenvalue weighted by molar-refractivity contribution is 5.97. The van der Waals surface area contributed by atoms with Gasteiger partial charge in [-0.05, 0) is 75.9 Å². The number of nitrogens with zero attached hydrogens (tertiary/aromatic N) is 4. The van der Waals surface area contributed by atoms with Crippen LogP contribution in [0.3, 0.4) is 0 Å². The summed E-state index contributed by atoms with van der Waals surface area (Å²) in [5.74, 6) is 1.66. The van der Waals surface area contributed by atoms with E-state index < -0.39 is 0 Å². The Kier molecular flexibility index (Phi) is 7.07. The predicted molar refractivity (Wildman–Crippen MR) is 174 cm³/mol. The molecule has 44 heavy (non-hydrogen) atoms. The Bertz CT molecular complexity index is 2110. The zero-order chi connectivity index (χ0) is 30.4. The van der Waals surface area contributed by atoms with Crippen LogP contribution in [-0.2, 0) is 13.0 Å². The van der Waals surface area contributed by atoms with Crippen molar-refractivity contribution in [1.82, 2.24) is 20.3 Å². The second-order valence-electron chi connectivity index (χ2n) is 11.6. The van der Waals surface area contributed by atoms with E-state index >= 15 is 0 Å². The Morgan fingerprint density at radius 1 is 0.977 bits per heavy atom. The van der Waals surface area contributed by atoms with Gasteiger partial charge in [-0.15, -0.1) is 0 Å². The van der Waals surface area contributed by atoms with Gasteiger partial charge in [0.05, 0.1) is 23.8 Å². The molecule has 7 rings (SSSR count). The molecular weight excluding hydrogens is 546 g/mol. The number of pyridine rings is 3. The molecule has 218 valence electrons. The first-order valence-corrected chi connectivity index (χ1v) is 15.1. The van der Waals surface area contributed by atoms with Crippen LogP contribution in [0.15, 0.2) is 72.9 Å². The average Bonchev–Trinajstić information content (AvgIpc) is 3.90. The summed E-state index contributed by atoms with van der Waals surface area (Å²) in [6.45, 7) is 7.62. The number of methoxy groups -OCH3 is 1. The van der Waals surface area contributed by atoms with Crippen molar-refractivity contribution < 1.29 is 9.47 Å². The number of nitrogens with one attached hydrogen (secondary N) is 1. The maximum atomic E-state index is 9.91. The van der Waals surface area contributed by atoms with Crippen LogP contribution in [0.25, 0.3) is 43.7 Å². The molecule has 4 heterocycles. The number of fused-ring (bicyclic) bond motifs is 3. The molecule has 7 nitrogen and oxygen atoms in total. The second kappa shape index (κ2) is 11.2. The van der Waals surface area contributed by atoms with Crippen LogP contribution >= 0.6 is 0 Å². The quantitative estimate of drug-likeness (QED) is 0.184. The third-order valence-electron chi connectivity index (χ3n) is 8.50. The predicted octanol–water partition coefficient (Wildman–Crippen LogP) is 7.79. The lowest BCUT2D eigenvalue weighted by molar-refractivity contribution is 0.305. The summed E-state index contributed by atoms with van der Waals surface area (Å²) in [5.41, 5.74) is 8.75. The monoisotopic (exact) mass is 579 g/mol. The molecule has 0 saturated carbocycles. The van der Waals surface area contributed by atoms with Crippen molar-refractivity contribution >= 4 is 32.6 Å². The zero-order valence-electron chi connectivity index (χ0n) is 25.3. The maximum absolute atomic E-state index is 9.91. The molecule has 0 amide bonds. The fraction of sp³-hybridized carbons (Fsp3) is 0.243. The van der Waals surface area contributed by atoms with E-state index in [1.165, 1.54) is 16.7 Å². The van der Waals surface area contributed by atoms with E-state index in [-0.39, 0.29) is 12.6 Å². The molecule has 0 bridgehead atoms. The third-order valence-corrected chi connectivity index (χ3v) is 8.50. The van der Waals surface area contributed by atoms with Gasteiger partial charge in [-0.1, -0.05) is 51.1 Å². The third kappa shape index (κ3) is 4.87. The van der Waals surface area contributed by atoms with Crippen LogP contribution in [0.2, 0.25) is 0 Å². The molecule has 0 radical (unpaired) electrons. The Labute approximate surface area is 256 Å². The molecule has 1 fully saturated rings. The number of aryl methyl sites for hydroxylation is 1. The molecule has 1 N–H and O–H groups in total. The number of nitriles is 1. The summed E-state index contributed by atoms with van der Waals surface area (Å²) in [5, 5.41) is 17.5. The lowest BCUT2D eigenvalue weighted by Gasteiger charge is -2.17. The van der Waals surface area contributed by atoms with Crippen LogP contribution < -0.4 is 14.8 Å². The molecule has 1 aliphatic heterocycles. The minimum absolute atomic E-state index is 0.192. The molecule has 0 aliphatic carbocycles. The molecule has 1 atom stereocenters. The van der Waals surface area contributed by atoms with Gasteiger partial charge in [0.2, 0.25) is 5.88 Å². The number of benzene rings is 3. The minimum Gasteiger partial charge on any atom is -0.487 e. The number of aromatic nitrogens is 3. The smallest absolute Gasteiger partial charge is 0.213 e. The number of rotatable bonds is 8. The molecule has 1 unspecified atom stereocenters. The van der Waals surface area contributed by atoms with Gasteiger partial charge < -0.3 is 14.8 Å². The number of hydrogen-bond donors (Lipinski definition) is 1. The molecule has 1 aliphatic rings. The first kappa shape index (κ1) is 27.8. The summed E-state index contributed by atoms with van der Waals surface area (Å²) in [7, 11) is 1.64. The van der Waals surface area contributed by atoms with Crippen LogP contribution in [0.5, 0.6) is 11.6 Å². The van der Waals surface area contributed by atoms with Crippen molar-refractivity contribution in [2.75, 3.05) is 13.7 Å². The average molecular weight is 580 g/mol. The molecule has 3 aromatic heterocycles. The molecule has 3 aromatic carbocycles. The van der Waals surface area contributed by atoms with E-state index in [0.29, 0.717) is 17.5 Å². The highest BCUT2D eigenvalue weighted by Gasteiger charge is 2.30. The fourth-order valence-electron chi connectivity index (χ4n) is 6.26. The first-order chi connectivity index (χ1) is 21.5. The van der Waals surface area contributed by atoms with Crippen molar-refractivity contribution in [2.24, 2.45) is 0 Å². The minimum atomic E-state index is 0.192. The summed E-state index contributed by atoms with van der Waals surface area (Å²) < 4.78 is 12.0. The van der Waals surface area contributed by atoms with Gasteiger partial charge in [-0.25, -0.2) is 9.97 Å². The summed E-state index contributed by atoms with van der Waals surface area (Å²) in [4.78, 5) is 14.2. The van der Waals surface area contributed by atoms with Gasteiger partial charge in [-0.3, -0.25) is 4.98 Å². The van der Waals surface area contributed by atoms with Crippen LogP contribution in [0.1, 0.15) is 60.8 Å². The van der Waals surface area contributed by atoms with E-state index in [2.05, 4.69) is 79.6 Å². The highest BCUT2D eigenvalue weighted by atomic mass is 16.5. The van der Waals surface area contributed by atoms with E-state index in [1.807, 2.05) is 24.3 Å². The summed E-state index contributed by atoms with van der Waals surface area (Å²) in [6.07, 6.45) is 2.68. The maximum Gasteiger partial charge on any atom is 0.213 e. The van der Waals surface area contributed by atoms with E-state index in [9.17, 15) is 5.26 Å². The van der Waals surface area contributed by atoms with Gasteiger partial charge in [0.1, 0.15) is 24.1 Å². The summed E-state index contributed by atoms with van der Waals surface area (Å²) >= 11 is 0. The number of hydrogen-bond acceptors (Lipinski definition) is 7. The normalized spacial score (nSPS) is 14.3. The van der Waals surface area contributed by atoms with Gasteiger partial charge >= 0.3 is 0 Å². The Hall–Kier alpha value is -5.06. The standard InChI is InChI=1S/C37H33N5O2/c1-5-22-15-23(16-31-26(22)10-12-35(42-31)43-4)27-9-11-30-37(36(27)33-19-40-33)34(13-14-39-30)44-20-24-17-29-25(21(2)3)7-6-8-28(29)32(18-38)41-24/h6-17,21,33,40H,5,19-20H2,1-4H3. The molecule has 6 aromatic rings. The van der Waals surface area contributed by atoms with Crippen molar-refractivity contribution in [3.63, 3.8) is 0 Å². The first-order valence-electron chi connectivity index (χ1n) is 15.1. The molecule has 0 spiro atoms. The Morgan fingerprint density at radius 2 is 1.84 bits per heavy atom. The van der Waals surface area contributed by atoms with Crippen molar-refractivity contribution in [3.8, 4) is 28.8 Å². The Balaban J connectivity index is 1.34. The van der Waals surface area contributed by atoms with Crippen molar-refractivity contribution in [2.45, 2.75) is 45.8 Å². The van der Waals surface area contributed by atoms with Crippen LogP contribution in [0.4, 0.5) is 0 Å². The molecule has 1 saturated heterocycles. The Morgan fingerprint density at radius 3 is 2.59 bits per heavy atom. The highest BCUT2D eigenvalue weighted by Crippen LogP contribution is 2.42. The van der Waals surface area contributed by atoms with Gasteiger partial charge in [0, 0.05) is 41.0 Å². The largest absolute Gasteiger partial charge is 0.487 e. The van der Waals surface area contributed by atoms with Crippen molar-refractivity contribution in [1.29, 1.82) is 5.26 Å². The lowest BCUT2D eigenvalue weighted by Crippen LogP contribution is -2.04. The van der Waals surface area contributed by atoms with Gasteiger partial charge in [0.25, 0.3) is 0 Å². The lowest BCUT2D eigenvalue weighted by atomic mass is 9.91. The summed E-state index contributed by atoms with van der Waals surface area (Å²) in [6, 6.07) is 25.2. The van der Waals surface area contributed by atoms with Gasteiger partial charge in [-0.2, -0.15) is 5.26 Å². The molecular formula is C37H33N5O2. The van der Waals surface area contributed by atoms with E-state index in [1.54, 1.807) is 13.3 Å². The number of ether oxygens (including phenoxy) is 2. The van der Waals surface area contributed by atoms with Crippen LogP contribution in [-0.4, -0.2) is 28.6 Å². The van der Waals surface area contributed by atoms with Crippen molar-refractivity contribution in [3.05, 3.63) is 101 Å². The topological polar surface area (TPSA) is 103 Å². The van der Waals surface area contributed by atoms with Crippen LogP contribution in [0, 0.1) is 11.3 Å². The SMILES string of the molecule is CCc1cc(-c2ccc3nccc(OCc4cc5c(C(C)C)cccc5c(C#N)n4)c3c2C2CN2)cc2nc(OC)ccc12. The second-order valence-corrected chi connectivity index (χ2v) is 11.6. The van der Waals surface area contributed by atoms with Gasteiger partial charge in [0.15, 0.2) is 0 Å². The fourth-order valence-corrected chi connectivity index (χ4v) is 6.26. The molecule has 7 heteroatoms.